The van der Waals surface area contributed by atoms with E-state index in [0.717, 1.165) is 16.7 Å². The molecule has 0 saturated carbocycles. The van der Waals surface area contributed by atoms with Crippen molar-refractivity contribution in [2.24, 2.45) is 0 Å². The first-order valence-corrected chi connectivity index (χ1v) is 10.6. The first kappa shape index (κ1) is 21.8. The molecule has 0 radical (unpaired) electrons. The summed E-state index contributed by atoms with van der Waals surface area (Å²) in [4.78, 5) is 40.6. The van der Waals surface area contributed by atoms with Crippen molar-refractivity contribution < 1.29 is 19.1 Å². The maximum Gasteiger partial charge on any atom is 0.293 e. The monoisotopic (exact) mass is 437 g/mol. The van der Waals surface area contributed by atoms with Crippen LogP contribution in [0.3, 0.4) is 0 Å². The van der Waals surface area contributed by atoms with Gasteiger partial charge in [0.25, 0.3) is 11.1 Å². The summed E-state index contributed by atoms with van der Waals surface area (Å²) < 4.78 is 5.46. The summed E-state index contributed by atoms with van der Waals surface area (Å²) in [6.07, 6.45) is 1.62. The predicted molar refractivity (Wildman–Crippen MR) is 114 cm³/mol. The molecule has 3 amide bonds. The van der Waals surface area contributed by atoms with E-state index in [1.807, 2.05) is 19.9 Å². The zero-order valence-corrected chi connectivity index (χ0v) is 18.0. The van der Waals surface area contributed by atoms with E-state index >= 15 is 0 Å². The number of carbonyl (C=O) groups is 3. The van der Waals surface area contributed by atoms with Crippen molar-refractivity contribution in [3.63, 3.8) is 0 Å². The summed E-state index contributed by atoms with van der Waals surface area (Å²) in [7, 11) is 0. The lowest BCUT2D eigenvalue weighted by molar-refractivity contribution is -0.128. The number of rotatable bonds is 6. The first-order valence-electron chi connectivity index (χ1n) is 9.37. The van der Waals surface area contributed by atoms with Gasteiger partial charge in [-0.05, 0) is 43.3 Å². The highest BCUT2D eigenvalue weighted by Crippen LogP contribution is 2.33. The molecule has 0 aromatic heterocycles. The van der Waals surface area contributed by atoms with E-state index in [1.54, 1.807) is 24.3 Å². The molecule has 0 aliphatic carbocycles. The van der Waals surface area contributed by atoms with Gasteiger partial charge in [-0.2, -0.15) is 0 Å². The first-order chi connectivity index (χ1) is 13.8. The number of hydrogen-bond acceptors (Lipinski definition) is 6. The molecule has 2 heterocycles. The zero-order valence-electron chi connectivity index (χ0n) is 16.4. The van der Waals surface area contributed by atoms with Gasteiger partial charge >= 0.3 is 0 Å². The summed E-state index contributed by atoms with van der Waals surface area (Å²) in [5.74, 6) is -0.512. The van der Waals surface area contributed by atoms with E-state index in [0.29, 0.717) is 35.2 Å². The highest BCUT2D eigenvalue weighted by molar-refractivity contribution is 8.18. The number of amides is 3. The van der Waals surface area contributed by atoms with Crippen molar-refractivity contribution in [2.45, 2.75) is 19.4 Å². The lowest BCUT2D eigenvalue weighted by atomic mass is 10.0. The highest BCUT2D eigenvalue weighted by atomic mass is 35.5. The van der Waals surface area contributed by atoms with Crippen LogP contribution >= 0.6 is 23.4 Å². The fraction of sp³-hybridized carbons (Fsp3) is 0.450. The van der Waals surface area contributed by atoms with E-state index in [2.05, 4.69) is 10.2 Å². The average Bonchev–Trinajstić information content (AvgIpc) is 2.92. The zero-order chi connectivity index (χ0) is 21.0. The molecule has 0 atom stereocenters. The Bertz CT molecular complexity index is 843. The van der Waals surface area contributed by atoms with Crippen molar-refractivity contribution in [1.29, 1.82) is 0 Å². The largest absolute Gasteiger partial charge is 0.378 e. The molecule has 1 N–H and O–H groups in total. The number of thioether (sulfide) groups is 1. The number of nitrogens with one attached hydrogen (secondary N) is 1. The molecule has 2 aliphatic rings. The Hall–Kier alpha value is -1.87. The minimum Gasteiger partial charge on any atom is -0.378 e. The summed E-state index contributed by atoms with van der Waals surface area (Å²) in [5, 5.41) is 2.95. The van der Waals surface area contributed by atoms with Crippen LogP contribution in [0.4, 0.5) is 4.79 Å². The van der Waals surface area contributed by atoms with Crippen LogP contribution in [-0.2, 0) is 14.3 Å². The Balaban J connectivity index is 1.52. The minimum absolute atomic E-state index is 0.128. The number of halogens is 1. The van der Waals surface area contributed by atoms with Gasteiger partial charge < -0.3 is 10.1 Å². The van der Waals surface area contributed by atoms with Crippen LogP contribution in [0, 0.1) is 0 Å². The van der Waals surface area contributed by atoms with Crippen LogP contribution < -0.4 is 5.32 Å². The number of hydrogen-bond donors (Lipinski definition) is 1. The number of carbonyl (C=O) groups excluding carboxylic acids is 3. The van der Waals surface area contributed by atoms with Crippen molar-refractivity contribution in [1.82, 2.24) is 15.1 Å². The fourth-order valence-electron chi connectivity index (χ4n) is 3.15. The molecule has 0 spiro atoms. The van der Waals surface area contributed by atoms with Gasteiger partial charge in [-0.25, -0.2) is 0 Å². The van der Waals surface area contributed by atoms with Crippen LogP contribution in [0.25, 0.3) is 6.08 Å². The third-order valence-corrected chi connectivity index (χ3v) is 6.13. The lowest BCUT2D eigenvalue weighted by Gasteiger charge is -2.41. The second kappa shape index (κ2) is 9.30. The van der Waals surface area contributed by atoms with Crippen LogP contribution in [0.2, 0.25) is 5.02 Å². The number of nitrogens with zero attached hydrogens (tertiary/aromatic N) is 2. The maximum atomic E-state index is 12.5. The van der Waals surface area contributed by atoms with E-state index in [9.17, 15) is 14.4 Å². The van der Waals surface area contributed by atoms with Crippen molar-refractivity contribution in [2.75, 3.05) is 39.4 Å². The Kier molecular flexibility index (Phi) is 7.00. The van der Waals surface area contributed by atoms with Crippen molar-refractivity contribution in [3.05, 3.63) is 39.8 Å². The van der Waals surface area contributed by atoms with Crippen molar-refractivity contribution in [3.8, 4) is 0 Å². The average molecular weight is 438 g/mol. The molecule has 29 heavy (non-hydrogen) atoms. The summed E-state index contributed by atoms with van der Waals surface area (Å²) >= 11 is 7.00. The molecule has 2 fully saturated rings. The third-order valence-electron chi connectivity index (χ3n) is 4.87. The van der Waals surface area contributed by atoms with Gasteiger partial charge in [0.2, 0.25) is 5.91 Å². The van der Waals surface area contributed by atoms with Crippen molar-refractivity contribution >= 4 is 46.5 Å². The van der Waals surface area contributed by atoms with E-state index in [1.165, 1.54) is 0 Å². The molecule has 1 aromatic rings. The SMILES string of the molecule is CC1(C)COCCN1CC(=O)NCCN1C(=O)S/C(=C\c2ccccc2Cl)C1=O. The maximum absolute atomic E-state index is 12.5. The molecule has 9 heteroatoms. The normalized spacial score (nSPS) is 21.1. The smallest absolute Gasteiger partial charge is 0.293 e. The highest BCUT2D eigenvalue weighted by Gasteiger charge is 2.35. The molecule has 3 rings (SSSR count). The van der Waals surface area contributed by atoms with Gasteiger partial charge in [0.1, 0.15) is 0 Å². The van der Waals surface area contributed by atoms with E-state index in [-0.39, 0.29) is 42.2 Å². The van der Waals surface area contributed by atoms with Gasteiger partial charge in [0.05, 0.1) is 24.7 Å². The standard InChI is InChI=1S/C20H24ClN3O4S/c1-20(2)13-28-10-9-23(20)12-17(25)22-7-8-24-18(26)16(29-19(24)27)11-14-5-3-4-6-15(14)21/h3-6,11H,7-10,12-13H2,1-2H3,(H,22,25)/b16-11-. The Morgan fingerprint density at radius 1 is 1.34 bits per heavy atom. The molecular formula is C20H24ClN3O4S. The number of morpholine rings is 1. The fourth-order valence-corrected chi connectivity index (χ4v) is 4.19. The predicted octanol–water partition coefficient (Wildman–Crippen LogP) is 2.60. The Morgan fingerprint density at radius 3 is 2.83 bits per heavy atom. The molecule has 0 bridgehead atoms. The van der Waals surface area contributed by atoms with Gasteiger partial charge in [0, 0.05) is 30.2 Å². The molecule has 7 nitrogen and oxygen atoms in total. The molecule has 156 valence electrons. The second-order valence-corrected chi connectivity index (χ2v) is 8.89. The lowest BCUT2D eigenvalue weighted by Crippen LogP contribution is -2.56. The van der Waals surface area contributed by atoms with Gasteiger partial charge in [-0.1, -0.05) is 29.8 Å². The minimum atomic E-state index is -0.372. The molecule has 0 unspecified atom stereocenters. The van der Waals surface area contributed by atoms with Crippen LogP contribution in [-0.4, -0.2) is 71.8 Å². The number of benzene rings is 1. The quantitative estimate of drug-likeness (QED) is 0.689. The molecule has 2 aliphatic heterocycles. The number of ether oxygens (including phenoxy) is 1. The summed E-state index contributed by atoms with van der Waals surface area (Å²) in [6.45, 7) is 6.53. The van der Waals surface area contributed by atoms with Crippen LogP contribution in [0.15, 0.2) is 29.2 Å². The van der Waals surface area contributed by atoms with Crippen LogP contribution in [0.1, 0.15) is 19.4 Å². The van der Waals surface area contributed by atoms with Gasteiger partial charge in [-0.15, -0.1) is 0 Å². The van der Waals surface area contributed by atoms with Gasteiger partial charge in [-0.3, -0.25) is 24.2 Å². The van der Waals surface area contributed by atoms with Crippen LogP contribution in [0.5, 0.6) is 0 Å². The number of imide groups is 1. The Morgan fingerprint density at radius 2 is 2.10 bits per heavy atom. The summed E-state index contributed by atoms with van der Waals surface area (Å²) in [5.41, 5.74) is 0.479. The molecule has 2 saturated heterocycles. The van der Waals surface area contributed by atoms with E-state index < -0.39 is 0 Å². The topological polar surface area (TPSA) is 79.0 Å². The molecule has 1 aromatic carbocycles. The molecular weight excluding hydrogens is 414 g/mol. The summed E-state index contributed by atoms with van der Waals surface area (Å²) in [6, 6.07) is 7.12. The van der Waals surface area contributed by atoms with Gasteiger partial charge in [0.15, 0.2) is 0 Å². The third kappa shape index (κ3) is 5.39. The Labute approximate surface area is 179 Å². The van der Waals surface area contributed by atoms with E-state index in [4.69, 9.17) is 16.3 Å². The second-order valence-electron chi connectivity index (χ2n) is 7.49.